The van der Waals surface area contributed by atoms with E-state index in [4.69, 9.17) is 14.2 Å². The number of benzene rings is 4. The molecule has 5 rings (SSSR count). The summed E-state index contributed by atoms with van der Waals surface area (Å²) < 4.78 is 19.0. The predicted molar refractivity (Wildman–Crippen MR) is 157 cm³/mol. The molecule has 184 valence electrons. The van der Waals surface area contributed by atoms with Crippen molar-refractivity contribution in [3.8, 4) is 22.6 Å². The summed E-state index contributed by atoms with van der Waals surface area (Å²) in [4.78, 5) is 17.0. The lowest BCUT2D eigenvalue weighted by Crippen LogP contribution is -2.05. The molecule has 0 unspecified atom stereocenters. The Morgan fingerprint density at radius 2 is 1.59 bits per heavy atom. The molecule has 0 bridgehead atoms. The number of rotatable bonds is 7. The van der Waals surface area contributed by atoms with Crippen LogP contribution in [0.1, 0.15) is 16.7 Å². The number of hydrogen-bond acceptors (Lipinski definition) is 5. The number of cyclic esters (lactones) is 1. The van der Waals surface area contributed by atoms with E-state index in [1.807, 2.05) is 78.9 Å². The molecule has 0 radical (unpaired) electrons. The van der Waals surface area contributed by atoms with Crippen LogP contribution in [0.25, 0.3) is 17.2 Å². The molecular weight excluding hydrogens is 645 g/mol. The molecule has 4 aromatic carbocycles. The maximum atomic E-state index is 12.6. The highest BCUT2D eigenvalue weighted by Crippen LogP contribution is 2.36. The van der Waals surface area contributed by atoms with E-state index in [0.29, 0.717) is 18.1 Å². The third-order valence-electron chi connectivity index (χ3n) is 5.71. The average molecular weight is 666 g/mol. The second kappa shape index (κ2) is 11.3. The fourth-order valence-corrected chi connectivity index (χ4v) is 4.87. The summed E-state index contributed by atoms with van der Waals surface area (Å²) in [5.41, 5.74) is 4.96. The quantitative estimate of drug-likeness (QED) is 0.116. The van der Waals surface area contributed by atoms with Crippen LogP contribution in [0.15, 0.2) is 106 Å². The number of hydrogen-bond donors (Lipinski definition) is 0. The SMILES string of the molecule is COc1cc(/C=C2\N=C(c3ccc(-c4ccccc4)cc3)OC2=O)cc(I)c1OCc1ccc(Br)cc1. The molecule has 5 nitrogen and oxygen atoms in total. The lowest BCUT2D eigenvalue weighted by Gasteiger charge is -2.14. The van der Waals surface area contributed by atoms with Crippen LogP contribution in [-0.4, -0.2) is 19.0 Å². The normalized spacial score (nSPS) is 13.9. The molecule has 0 N–H and O–H groups in total. The first-order valence-corrected chi connectivity index (χ1v) is 13.3. The number of carbonyl (C=O) groups excluding carboxylic acids is 1. The third kappa shape index (κ3) is 5.94. The lowest BCUT2D eigenvalue weighted by atomic mass is 10.0. The van der Waals surface area contributed by atoms with Crippen molar-refractivity contribution < 1.29 is 19.0 Å². The van der Waals surface area contributed by atoms with Gasteiger partial charge in [0.15, 0.2) is 17.2 Å². The first-order valence-electron chi connectivity index (χ1n) is 11.4. The number of carbonyl (C=O) groups is 1. The van der Waals surface area contributed by atoms with Crippen molar-refractivity contribution in [2.24, 2.45) is 4.99 Å². The van der Waals surface area contributed by atoms with Crippen molar-refractivity contribution in [2.45, 2.75) is 6.61 Å². The lowest BCUT2D eigenvalue weighted by molar-refractivity contribution is -0.129. The first-order chi connectivity index (χ1) is 18.0. The van der Waals surface area contributed by atoms with Crippen LogP contribution in [0.2, 0.25) is 0 Å². The zero-order chi connectivity index (χ0) is 25.8. The van der Waals surface area contributed by atoms with E-state index in [0.717, 1.165) is 35.9 Å². The van der Waals surface area contributed by atoms with Crippen LogP contribution in [0, 0.1) is 3.57 Å². The molecule has 0 amide bonds. The summed E-state index contributed by atoms with van der Waals surface area (Å²) in [7, 11) is 1.59. The Bertz CT molecular complexity index is 1500. The predicted octanol–water partition coefficient (Wildman–Crippen LogP) is 7.65. The molecule has 1 heterocycles. The van der Waals surface area contributed by atoms with E-state index in [1.165, 1.54) is 0 Å². The van der Waals surface area contributed by atoms with Crippen LogP contribution >= 0.6 is 38.5 Å². The average Bonchev–Trinajstić information content (AvgIpc) is 3.29. The summed E-state index contributed by atoms with van der Waals surface area (Å²) in [5.74, 6) is 1.01. The van der Waals surface area contributed by atoms with Crippen LogP contribution in [0.4, 0.5) is 0 Å². The van der Waals surface area contributed by atoms with Gasteiger partial charge in [0.25, 0.3) is 0 Å². The van der Waals surface area contributed by atoms with E-state index < -0.39 is 5.97 Å². The van der Waals surface area contributed by atoms with Gasteiger partial charge >= 0.3 is 5.97 Å². The molecule has 7 heteroatoms. The highest BCUT2D eigenvalue weighted by atomic mass is 127. The summed E-state index contributed by atoms with van der Waals surface area (Å²) in [6.07, 6.45) is 1.69. The highest BCUT2D eigenvalue weighted by molar-refractivity contribution is 14.1. The molecule has 0 spiro atoms. The number of methoxy groups -OCH3 is 1. The minimum Gasteiger partial charge on any atom is -0.493 e. The van der Waals surface area contributed by atoms with Gasteiger partial charge in [0.05, 0.1) is 10.7 Å². The van der Waals surface area contributed by atoms with Gasteiger partial charge in [-0.25, -0.2) is 9.79 Å². The van der Waals surface area contributed by atoms with Gasteiger partial charge in [-0.05, 0) is 87.3 Å². The second-order valence-corrected chi connectivity index (χ2v) is 10.3. The fourth-order valence-electron chi connectivity index (χ4n) is 3.83. The van der Waals surface area contributed by atoms with E-state index in [1.54, 1.807) is 13.2 Å². The van der Waals surface area contributed by atoms with Crippen molar-refractivity contribution in [3.05, 3.63) is 121 Å². The molecule has 0 saturated heterocycles. The molecule has 1 aliphatic heterocycles. The van der Waals surface area contributed by atoms with Gasteiger partial charge in [-0.1, -0.05) is 70.5 Å². The highest BCUT2D eigenvalue weighted by Gasteiger charge is 2.24. The van der Waals surface area contributed by atoms with Gasteiger partial charge in [-0.15, -0.1) is 0 Å². The summed E-state index contributed by atoms with van der Waals surface area (Å²) in [6, 6.07) is 29.6. The van der Waals surface area contributed by atoms with E-state index in [9.17, 15) is 4.79 Å². The Hall–Kier alpha value is -3.43. The second-order valence-electron chi connectivity index (χ2n) is 8.23. The Kier molecular flexibility index (Phi) is 7.71. The van der Waals surface area contributed by atoms with Gasteiger partial charge in [0, 0.05) is 10.0 Å². The van der Waals surface area contributed by atoms with Gasteiger partial charge in [-0.2, -0.15) is 0 Å². The molecule has 0 aromatic heterocycles. The van der Waals surface area contributed by atoms with Crippen molar-refractivity contribution >= 4 is 56.5 Å². The molecule has 0 saturated carbocycles. The zero-order valence-electron chi connectivity index (χ0n) is 19.8. The van der Waals surface area contributed by atoms with Crippen LogP contribution in [0.5, 0.6) is 11.5 Å². The van der Waals surface area contributed by atoms with E-state index in [-0.39, 0.29) is 11.6 Å². The molecule has 0 fully saturated rings. The summed E-state index contributed by atoms with van der Waals surface area (Å²) >= 11 is 5.65. The molecule has 1 aliphatic rings. The van der Waals surface area contributed by atoms with E-state index in [2.05, 4.69) is 55.6 Å². The van der Waals surface area contributed by atoms with Gasteiger partial charge in [0.2, 0.25) is 5.90 Å². The van der Waals surface area contributed by atoms with Crippen LogP contribution in [0.3, 0.4) is 0 Å². The smallest absolute Gasteiger partial charge is 0.363 e. The van der Waals surface area contributed by atoms with Gasteiger partial charge < -0.3 is 14.2 Å². The zero-order valence-corrected chi connectivity index (χ0v) is 23.5. The number of nitrogens with zero attached hydrogens (tertiary/aromatic N) is 1. The van der Waals surface area contributed by atoms with Crippen LogP contribution in [-0.2, 0) is 16.1 Å². The molecule has 0 aliphatic carbocycles. The number of esters is 1. The minimum atomic E-state index is -0.494. The van der Waals surface area contributed by atoms with Crippen molar-refractivity contribution in [1.82, 2.24) is 0 Å². The van der Waals surface area contributed by atoms with Gasteiger partial charge in [0.1, 0.15) is 6.61 Å². The topological polar surface area (TPSA) is 57.1 Å². The maximum Gasteiger partial charge on any atom is 0.363 e. The molecule has 4 aromatic rings. The molecule has 37 heavy (non-hydrogen) atoms. The Labute approximate surface area is 237 Å². The van der Waals surface area contributed by atoms with Crippen molar-refractivity contribution in [2.75, 3.05) is 7.11 Å². The minimum absolute atomic E-state index is 0.225. The standard InChI is InChI=1S/C30H21BrINO4/c1-35-27-17-20(15-25(32)28(27)36-18-19-7-13-24(31)14-8-19)16-26-30(34)37-29(33-26)23-11-9-22(10-12-23)21-5-3-2-4-6-21/h2-17H,18H2,1H3/b26-16-. The van der Waals surface area contributed by atoms with E-state index >= 15 is 0 Å². The van der Waals surface area contributed by atoms with Crippen molar-refractivity contribution in [3.63, 3.8) is 0 Å². The molecular formula is C30H21BrINO4. The van der Waals surface area contributed by atoms with Gasteiger partial charge in [-0.3, -0.25) is 0 Å². The van der Waals surface area contributed by atoms with Crippen LogP contribution < -0.4 is 9.47 Å². The summed E-state index contributed by atoms with van der Waals surface area (Å²) in [6.45, 7) is 0.406. The first kappa shape index (κ1) is 25.2. The Morgan fingerprint density at radius 3 is 2.30 bits per heavy atom. The largest absolute Gasteiger partial charge is 0.493 e. The Morgan fingerprint density at radius 1 is 0.919 bits per heavy atom. The number of halogens is 2. The maximum absolute atomic E-state index is 12.6. The Balaban J connectivity index is 1.36. The number of ether oxygens (including phenoxy) is 3. The fraction of sp³-hybridized carbons (Fsp3) is 0.0667. The summed E-state index contributed by atoms with van der Waals surface area (Å²) in [5, 5.41) is 0. The number of aliphatic imine (C=N–C) groups is 1. The third-order valence-corrected chi connectivity index (χ3v) is 7.04. The van der Waals surface area contributed by atoms with Crippen molar-refractivity contribution in [1.29, 1.82) is 0 Å². The monoisotopic (exact) mass is 665 g/mol. The molecule has 0 atom stereocenters.